The lowest BCUT2D eigenvalue weighted by molar-refractivity contribution is -0.115. The number of aromatic amines is 1. The molecule has 0 bridgehead atoms. The van der Waals surface area contributed by atoms with Gasteiger partial charge in [-0.15, -0.1) is 0 Å². The highest BCUT2D eigenvalue weighted by molar-refractivity contribution is 6.02. The van der Waals surface area contributed by atoms with E-state index in [1.54, 1.807) is 0 Å². The Kier molecular flexibility index (Phi) is 8.46. The smallest absolute Gasteiger partial charge is 0.221 e. The number of benzene rings is 1. The van der Waals surface area contributed by atoms with Crippen molar-refractivity contribution in [1.29, 1.82) is 0 Å². The summed E-state index contributed by atoms with van der Waals surface area (Å²) >= 11 is 0. The van der Waals surface area contributed by atoms with Crippen LogP contribution in [0.1, 0.15) is 78.8 Å². The molecule has 162 valence electrons. The van der Waals surface area contributed by atoms with Crippen LogP contribution in [0.25, 0.3) is 10.9 Å². The summed E-state index contributed by atoms with van der Waals surface area (Å²) in [6.45, 7) is 11.6. The molecular formula is C25H35N3O2. The van der Waals surface area contributed by atoms with E-state index >= 15 is 0 Å². The Morgan fingerprint density at radius 1 is 0.933 bits per heavy atom. The second-order valence-corrected chi connectivity index (χ2v) is 8.42. The number of carbonyl (C=O) groups is 2. The van der Waals surface area contributed by atoms with Gasteiger partial charge in [0.2, 0.25) is 11.8 Å². The van der Waals surface area contributed by atoms with Crippen LogP contribution < -0.4 is 10.6 Å². The molecule has 1 aromatic heterocycles. The summed E-state index contributed by atoms with van der Waals surface area (Å²) in [5.74, 6) is 0.0392. The number of amides is 2. The third-order valence-corrected chi connectivity index (χ3v) is 5.12. The molecule has 30 heavy (non-hydrogen) atoms. The molecule has 2 amide bonds. The minimum Gasteiger partial charge on any atom is -0.358 e. The Labute approximate surface area is 180 Å². The van der Waals surface area contributed by atoms with Crippen LogP contribution in [-0.4, -0.2) is 16.8 Å². The first-order chi connectivity index (χ1) is 14.2. The Balaban J connectivity index is 2.10. The summed E-state index contributed by atoms with van der Waals surface area (Å²) in [4.78, 5) is 26.5. The lowest BCUT2D eigenvalue weighted by Crippen LogP contribution is -2.12. The molecule has 3 N–H and O–H groups in total. The molecule has 0 fully saturated rings. The number of anilines is 2. The van der Waals surface area contributed by atoms with Crippen LogP contribution in [-0.2, 0) is 9.59 Å². The van der Waals surface area contributed by atoms with Crippen molar-refractivity contribution in [2.75, 3.05) is 10.6 Å². The molecule has 5 nitrogen and oxygen atoms in total. The lowest BCUT2D eigenvalue weighted by Gasteiger charge is -2.10. The number of rotatable bonds is 9. The van der Waals surface area contributed by atoms with E-state index in [1.807, 2.05) is 12.1 Å². The molecule has 1 heterocycles. The second kappa shape index (κ2) is 10.8. The molecule has 2 rings (SSSR count). The van der Waals surface area contributed by atoms with Crippen LogP contribution in [0.15, 0.2) is 41.5 Å². The SMILES string of the molecule is CC(=O)Nc1cc2cc(C(C)CC/C=C(\C)CCC=C(C)C)[nH]c2cc1NC(C)=O. The summed E-state index contributed by atoms with van der Waals surface area (Å²) in [6.07, 6.45) is 8.96. The Morgan fingerprint density at radius 2 is 1.57 bits per heavy atom. The van der Waals surface area contributed by atoms with E-state index in [0.29, 0.717) is 17.3 Å². The minimum absolute atomic E-state index is 0.170. The van der Waals surface area contributed by atoms with Crippen molar-refractivity contribution in [3.8, 4) is 0 Å². The first kappa shape index (κ1) is 23.5. The van der Waals surface area contributed by atoms with Crippen molar-refractivity contribution in [2.24, 2.45) is 0 Å². The Morgan fingerprint density at radius 3 is 2.17 bits per heavy atom. The van der Waals surface area contributed by atoms with Crippen molar-refractivity contribution in [1.82, 2.24) is 4.98 Å². The first-order valence-corrected chi connectivity index (χ1v) is 10.7. The minimum atomic E-state index is -0.173. The highest BCUT2D eigenvalue weighted by Crippen LogP contribution is 2.32. The number of hydrogen-bond acceptors (Lipinski definition) is 2. The van der Waals surface area contributed by atoms with Crippen LogP contribution >= 0.6 is 0 Å². The molecule has 0 spiro atoms. The normalized spacial score (nSPS) is 12.5. The monoisotopic (exact) mass is 409 g/mol. The molecule has 0 radical (unpaired) electrons. The van der Waals surface area contributed by atoms with Crippen molar-refractivity contribution < 1.29 is 9.59 Å². The van der Waals surface area contributed by atoms with E-state index in [4.69, 9.17) is 0 Å². The van der Waals surface area contributed by atoms with E-state index in [-0.39, 0.29) is 11.8 Å². The van der Waals surface area contributed by atoms with Gasteiger partial charge in [-0.05, 0) is 70.6 Å². The number of aromatic nitrogens is 1. The van der Waals surface area contributed by atoms with Crippen LogP contribution in [0.3, 0.4) is 0 Å². The molecule has 1 atom stereocenters. The maximum Gasteiger partial charge on any atom is 0.221 e. The number of allylic oxidation sites excluding steroid dienone is 4. The fraction of sp³-hybridized carbons (Fsp3) is 0.440. The molecular weight excluding hydrogens is 374 g/mol. The van der Waals surface area contributed by atoms with Crippen LogP contribution in [0.4, 0.5) is 11.4 Å². The second-order valence-electron chi connectivity index (χ2n) is 8.42. The predicted octanol–water partition coefficient (Wildman–Crippen LogP) is 6.66. The zero-order valence-corrected chi connectivity index (χ0v) is 19.1. The number of nitrogens with one attached hydrogen (secondary N) is 3. The zero-order valence-electron chi connectivity index (χ0n) is 19.1. The topological polar surface area (TPSA) is 74.0 Å². The van der Waals surface area contributed by atoms with Gasteiger partial charge in [-0.3, -0.25) is 9.59 Å². The molecule has 0 saturated heterocycles. The van der Waals surface area contributed by atoms with E-state index in [2.05, 4.69) is 61.5 Å². The van der Waals surface area contributed by atoms with Gasteiger partial charge in [-0.1, -0.05) is 30.2 Å². The van der Waals surface area contributed by atoms with E-state index in [1.165, 1.54) is 25.0 Å². The van der Waals surface area contributed by atoms with Gasteiger partial charge in [0.1, 0.15) is 0 Å². The summed E-state index contributed by atoms with van der Waals surface area (Å²) in [5.41, 5.74) is 6.13. The number of H-pyrrole nitrogens is 1. The molecule has 0 aliphatic carbocycles. The summed E-state index contributed by atoms with van der Waals surface area (Å²) in [7, 11) is 0. The standard InChI is InChI=1S/C25H35N3O2/c1-16(2)9-7-10-17(3)11-8-12-18(4)22-13-21-14-24(26-19(5)29)25(27-20(6)30)15-23(21)28-22/h9,11,13-15,18,28H,7-8,10,12H2,1-6H3,(H,26,29)(H,27,30)/b17-11+. The van der Waals surface area contributed by atoms with Crippen LogP contribution in [0.2, 0.25) is 0 Å². The molecule has 0 aliphatic rings. The molecule has 0 saturated carbocycles. The van der Waals surface area contributed by atoms with Crippen molar-refractivity contribution in [3.63, 3.8) is 0 Å². The fourth-order valence-corrected chi connectivity index (χ4v) is 3.48. The van der Waals surface area contributed by atoms with Gasteiger partial charge in [0.05, 0.1) is 11.4 Å². The fourth-order valence-electron chi connectivity index (χ4n) is 3.48. The van der Waals surface area contributed by atoms with Crippen molar-refractivity contribution in [2.45, 2.75) is 73.1 Å². The maximum atomic E-state index is 11.5. The van der Waals surface area contributed by atoms with Gasteiger partial charge in [0.15, 0.2) is 0 Å². The highest BCUT2D eigenvalue weighted by atomic mass is 16.2. The predicted molar refractivity (Wildman–Crippen MR) is 127 cm³/mol. The van der Waals surface area contributed by atoms with Gasteiger partial charge >= 0.3 is 0 Å². The van der Waals surface area contributed by atoms with Crippen molar-refractivity contribution >= 4 is 34.1 Å². The molecule has 0 aliphatic heterocycles. The number of fused-ring (bicyclic) bond motifs is 1. The van der Waals surface area contributed by atoms with Gasteiger partial charge < -0.3 is 15.6 Å². The van der Waals surface area contributed by atoms with Crippen LogP contribution in [0.5, 0.6) is 0 Å². The van der Waals surface area contributed by atoms with Gasteiger partial charge in [-0.25, -0.2) is 0 Å². The third kappa shape index (κ3) is 7.21. The third-order valence-electron chi connectivity index (χ3n) is 5.12. The number of carbonyl (C=O) groups excluding carboxylic acids is 2. The Bertz CT molecular complexity index is 909. The highest BCUT2D eigenvalue weighted by Gasteiger charge is 2.13. The largest absolute Gasteiger partial charge is 0.358 e. The quantitative estimate of drug-likeness (QED) is 0.405. The molecule has 2 aromatic rings. The summed E-state index contributed by atoms with van der Waals surface area (Å²) in [5, 5.41) is 6.61. The zero-order chi connectivity index (χ0) is 22.3. The molecule has 1 unspecified atom stereocenters. The van der Waals surface area contributed by atoms with Gasteiger partial charge in [-0.2, -0.15) is 0 Å². The summed E-state index contributed by atoms with van der Waals surface area (Å²) < 4.78 is 0. The van der Waals surface area contributed by atoms with Gasteiger partial charge in [0.25, 0.3) is 0 Å². The van der Waals surface area contributed by atoms with Crippen molar-refractivity contribution in [3.05, 3.63) is 47.2 Å². The number of hydrogen-bond donors (Lipinski definition) is 3. The molecule has 1 aromatic carbocycles. The van der Waals surface area contributed by atoms with E-state index < -0.39 is 0 Å². The Hall–Kier alpha value is -2.82. The average molecular weight is 410 g/mol. The average Bonchev–Trinajstić information content (AvgIpc) is 3.03. The lowest BCUT2D eigenvalue weighted by atomic mass is 10.00. The summed E-state index contributed by atoms with van der Waals surface area (Å²) in [6, 6.07) is 5.92. The van der Waals surface area contributed by atoms with E-state index in [9.17, 15) is 9.59 Å². The first-order valence-electron chi connectivity index (χ1n) is 10.7. The maximum absolute atomic E-state index is 11.5. The molecule has 5 heteroatoms. The van der Waals surface area contributed by atoms with E-state index in [0.717, 1.165) is 42.3 Å². The van der Waals surface area contributed by atoms with Gasteiger partial charge in [0, 0.05) is 30.4 Å². The van der Waals surface area contributed by atoms with Crippen LogP contribution in [0, 0.1) is 0 Å².